The maximum absolute atomic E-state index is 5.74. The number of hydrogen-bond acceptors (Lipinski definition) is 5. The van der Waals surface area contributed by atoms with E-state index in [1.807, 2.05) is 6.07 Å². The number of aromatic nitrogens is 2. The molecule has 1 aliphatic carbocycles. The van der Waals surface area contributed by atoms with Crippen LogP contribution in [0.25, 0.3) is 0 Å². The summed E-state index contributed by atoms with van der Waals surface area (Å²) in [5.41, 5.74) is 5.00. The van der Waals surface area contributed by atoms with Crippen LogP contribution >= 0.6 is 0 Å². The van der Waals surface area contributed by atoms with E-state index in [1.165, 1.54) is 5.56 Å². The van der Waals surface area contributed by atoms with Gasteiger partial charge in [-0.05, 0) is 23.8 Å². The van der Waals surface area contributed by atoms with Crippen molar-refractivity contribution in [2.45, 2.75) is 18.4 Å². The van der Waals surface area contributed by atoms with Gasteiger partial charge in [0.1, 0.15) is 5.69 Å². The van der Waals surface area contributed by atoms with Gasteiger partial charge in [0.2, 0.25) is 5.88 Å². The van der Waals surface area contributed by atoms with Gasteiger partial charge in [-0.15, -0.1) is 0 Å². The van der Waals surface area contributed by atoms with Crippen molar-refractivity contribution in [3.8, 4) is 5.88 Å². The molecule has 0 radical (unpaired) electrons. The van der Waals surface area contributed by atoms with Crippen LogP contribution in [0.5, 0.6) is 5.88 Å². The number of rotatable bonds is 5. The number of methoxy groups -OCH3 is 1. The number of nitrogens with one attached hydrogen (secondary N) is 1. The first-order valence-corrected chi connectivity index (χ1v) is 6.71. The molecule has 104 valence electrons. The molecule has 20 heavy (non-hydrogen) atoms. The molecule has 0 spiro atoms. The summed E-state index contributed by atoms with van der Waals surface area (Å²) >= 11 is 0. The van der Waals surface area contributed by atoms with Gasteiger partial charge < -0.3 is 4.74 Å². The summed E-state index contributed by atoms with van der Waals surface area (Å²) in [5.74, 6) is 7.21. The largest absolute Gasteiger partial charge is 0.480 e. The first-order valence-electron chi connectivity index (χ1n) is 6.71. The molecule has 3 N–H and O–H groups in total. The second-order valence-corrected chi connectivity index (χ2v) is 5.01. The quantitative estimate of drug-likeness (QED) is 0.640. The molecule has 1 aliphatic rings. The van der Waals surface area contributed by atoms with Gasteiger partial charge in [0.25, 0.3) is 0 Å². The molecule has 0 amide bonds. The minimum atomic E-state index is -0.0381. The van der Waals surface area contributed by atoms with Crippen molar-refractivity contribution in [1.29, 1.82) is 0 Å². The standard InChI is InChI=1S/C15H18N4O/c1-20-15-14(17-7-8-18-15)13(19-16)12-9-11(12)10-5-3-2-4-6-10/h2-8,11-13,19H,9,16H2,1H3. The molecule has 0 aliphatic heterocycles. The number of hydrazine groups is 1. The fourth-order valence-corrected chi connectivity index (χ4v) is 2.78. The van der Waals surface area contributed by atoms with Crippen molar-refractivity contribution in [3.63, 3.8) is 0 Å². The smallest absolute Gasteiger partial charge is 0.237 e. The highest BCUT2D eigenvalue weighted by atomic mass is 16.5. The summed E-state index contributed by atoms with van der Waals surface area (Å²) in [4.78, 5) is 8.57. The van der Waals surface area contributed by atoms with Crippen LogP contribution in [0, 0.1) is 5.92 Å². The molecule has 1 aromatic heterocycles. The monoisotopic (exact) mass is 270 g/mol. The van der Waals surface area contributed by atoms with E-state index in [9.17, 15) is 0 Å². The minimum absolute atomic E-state index is 0.0381. The van der Waals surface area contributed by atoms with E-state index >= 15 is 0 Å². The van der Waals surface area contributed by atoms with Crippen LogP contribution < -0.4 is 16.0 Å². The Labute approximate surface area is 118 Å². The number of hydrogen-bond donors (Lipinski definition) is 2. The number of ether oxygens (including phenoxy) is 1. The highest BCUT2D eigenvalue weighted by Crippen LogP contribution is 2.54. The van der Waals surface area contributed by atoms with Crippen molar-refractivity contribution in [3.05, 3.63) is 54.0 Å². The molecule has 1 saturated carbocycles. The van der Waals surface area contributed by atoms with E-state index in [2.05, 4.69) is 39.7 Å². The minimum Gasteiger partial charge on any atom is -0.480 e. The number of nitrogens with two attached hydrogens (primary N) is 1. The predicted octanol–water partition coefficient (Wildman–Crippen LogP) is 1.79. The van der Waals surface area contributed by atoms with Gasteiger partial charge in [-0.2, -0.15) is 0 Å². The van der Waals surface area contributed by atoms with Crippen molar-refractivity contribution in [2.75, 3.05) is 7.11 Å². The Morgan fingerprint density at radius 1 is 1.25 bits per heavy atom. The summed E-state index contributed by atoms with van der Waals surface area (Å²) in [6, 6.07) is 10.4. The lowest BCUT2D eigenvalue weighted by Crippen LogP contribution is -2.31. The topological polar surface area (TPSA) is 73.1 Å². The lowest BCUT2D eigenvalue weighted by atomic mass is 10.0. The molecule has 1 aromatic carbocycles. The summed E-state index contributed by atoms with van der Waals surface area (Å²) in [6.07, 6.45) is 4.39. The maximum Gasteiger partial charge on any atom is 0.237 e. The Morgan fingerprint density at radius 2 is 2.00 bits per heavy atom. The molecule has 0 bridgehead atoms. The third-order valence-electron chi connectivity index (χ3n) is 3.85. The van der Waals surface area contributed by atoms with Gasteiger partial charge in [-0.25, -0.2) is 4.98 Å². The molecule has 2 aromatic rings. The van der Waals surface area contributed by atoms with Crippen LogP contribution in [0.1, 0.15) is 29.6 Å². The second-order valence-electron chi connectivity index (χ2n) is 5.01. The van der Waals surface area contributed by atoms with Crippen molar-refractivity contribution in [2.24, 2.45) is 11.8 Å². The summed E-state index contributed by atoms with van der Waals surface area (Å²) in [6.45, 7) is 0. The fraction of sp³-hybridized carbons (Fsp3) is 0.333. The molecule has 3 atom stereocenters. The number of benzene rings is 1. The molecule has 1 heterocycles. The van der Waals surface area contributed by atoms with E-state index in [0.717, 1.165) is 12.1 Å². The zero-order valence-corrected chi connectivity index (χ0v) is 11.4. The van der Waals surface area contributed by atoms with E-state index in [1.54, 1.807) is 19.5 Å². The summed E-state index contributed by atoms with van der Waals surface area (Å²) < 4.78 is 5.28. The van der Waals surface area contributed by atoms with Crippen LogP contribution in [0.2, 0.25) is 0 Å². The fourth-order valence-electron chi connectivity index (χ4n) is 2.78. The lowest BCUT2D eigenvalue weighted by molar-refractivity contribution is 0.369. The maximum atomic E-state index is 5.74. The third-order valence-corrected chi connectivity index (χ3v) is 3.85. The normalized spacial score (nSPS) is 22.3. The Hall–Kier alpha value is -1.98. The van der Waals surface area contributed by atoms with Crippen molar-refractivity contribution in [1.82, 2.24) is 15.4 Å². The highest BCUT2D eigenvalue weighted by molar-refractivity contribution is 5.31. The van der Waals surface area contributed by atoms with E-state index in [0.29, 0.717) is 17.7 Å². The van der Waals surface area contributed by atoms with Gasteiger partial charge in [0.15, 0.2) is 0 Å². The van der Waals surface area contributed by atoms with Gasteiger partial charge in [-0.3, -0.25) is 16.3 Å². The summed E-state index contributed by atoms with van der Waals surface area (Å²) in [5, 5.41) is 0. The van der Waals surface area contributed by atoms with Crippen LogP contribution in [0.4, 0.5) is 0 Å². The molecule has 3 unspecified atom stereocenters. The lowest BCUT2D eigenvalue weighted by Gasteiger charge is -2.17. The Balaban J connectivity index is 1.82. The zero-order chi connectivity index (χ0) is 13.9. The van der Waals surface area contributed by atoms with Crippen LogP contribution in [0.15, 0.2) is 42.7 Å². The molecule has 3 rings (SSSR count). The van der Waals surface area contributed by atoms with Crippen LogP contribution in [0.3, 0.4) is 0 Å². The van der Waals surface area contributed by atoms with Crippen LogP contribution in [-0.4, -0.2) is 17.1 Å². The third kappa shape index (κ3) is 2.37. The first kappa shape index (κ1) is 13.0. The van der Waals surface area contributed by atoms with E-state index in [-0.39, 0.29) is 6.04 Å². The van der Waals surface area contributed by atoms with E-state index in [4.69, 9.17) is 10.6 Å². The SMILES string of the molecule is COc1nccnc1C(NN)C1CC1c1ccccc1. The Kier molecular flexibility index (Phi) is 3.62. The van der Waals surface area contributed by atoms with Crippen molar-refractivity contribution < 1.29 is 4.74 Å². The Bertz CT molecular complexity index is 575. The van der Waals surface area contributed by atoms with Gasteiger partial charge in [0.05, 0.1) is 13.2 Å². The molecular weight excluding hydrogens is 252 g/mol. The highest BCUT2D eigenvalue weighted by Gasteiger charge is 2.45. The van der Waals surface area contributed by atoms with E-state index < -0.39 is 0 Å². The van der Waals surface area contributed by atoms with Gasteiger partial charge in [0, 0.05) is 12.4 Å². The molecular formula is C15H18N4O. The molecule has 1 fully saturated rings. The molecule has 5 nitrogen and oxygen atoms in total. The van der Waals surface area contributed by atoms with Gasteiger partial charge >= 0.3 is 0 Å². The van der Waals surface area contributed by atoms with Gasteiger partial charge in [-0.1, -0.05) is 30.3 Å². The first-order chi connectivity index (χ1) is 9.85. The van der Waals surface area contributed by atoms with Crippen LogP contribution in [-0.2, 0) is 0 Å². The average molecular weight is 270 g/mol. The second kappa shape index (κ2) is 5.56. The molecule has 5 heteroatoms. The molecule has 0 saturated heterocycles. The predicted molar refractivity (Wildman–Crippen MR) is 75.9 cm³/mol. The zero-order valence-electron chi connectivity index (χ0n) is 11.4. The van der Waals surface area contributed by atoms with Crippen molar-refractivity contribution >= 4 is 0 Å². The Morgan fingerprint density at radius 3 is 2.70 bits per heavy atom. The average Bonchev–Trinajstić information content (AvgIpc) is 3.30. The summed E-state index contributed by atoms with van der Waals surface area (Å²) in [7, 11) is 1.60. The number of nitrogens with zero attached hydrogens (tertiary/aromatic N) is 2.